The zero-order valence-electron chi connectivity index (χ0n) is 15.6. The topological polar surface area (TPSA) is 30.5 Å². The Kier molecular flexibility index (Phi) is 7.34. The van der Waals surface area contributed by atoms with Crippen molar-refractivity contribution in [3.63, 3.8) is 0 Å². The summed E-state index contributed by atoms with van der Waals surface area (Å²) in [7, 11) is 0. The van der Waals surface area contributed by atoms with Gasteiger partial charge in [-0.15, -0.1) is 0 Å². The molecule has 0 radical (unpaired) electrons. The first-order valence-electron chi connectivity index (χ1n) is 8.97. The summed E-state index contributed by atoms with van der Waals surface area (Å²) in [6, 6.07) is 14.5. The lowest BCUT2D eigenvalue weighted by Gasteiger charge is -2.16. The van der Waals surface area contributed by atoms with Gasteiger partial charge in [0.25, 0.3) is 0 Å². The first kappa shape index (κ1) is 21.4. The second kappa shape index (κ2) is 9.94. The van der Waals surface area contributed by atoms with Crippen molar-refractivity contribution in [2.45, 2.75) is 20.1 Å². The van der Waals surface area contributed by atoms with E-state index in [4.69, 9.17) is 21.1 Å². The molecule has 7 heteroatoms. The van der Waals surface area contributed by atoms with Crippen LogP contribution in [0.15, 0.2) is 59.1 Å². The molecule has 0 saturated heterocycles. The third-order valence-electron chi connectivity index (χ3n) is 4.06. The summed E-state index contributed by atoms with van der Waals surface area (Å²) in [5, 5.41) is 3.26. The Morgan fingerprint density at radius 2 is 1.83 bits per heavy atom. The van der Waals surface area contributed by atoms with Crippen LogP contribution in [0.2, 0.25) is 5.02 Å². The summed E-state index contributed by atoms with van der Waals surface area (Å²) >= 11 is 9.35. The highest BCUT2D eigenvalue weighted by molar-refractivity contribution is 9.10. The monoisotopic (exact) mass is 481 g/mol. The van der Waals surface area contributed by atoms with E-state index in [-0.39, 0.29) is 17.4 Å². The quantitative estimate of drug-likeness (QED) is 0.376. The average Bonchev–Trinajstić information content (AvgIpc) is 2.68. The summed E-state index contributed by atoms with van der Waals surface area (Å²) < 4.78 is 39.0. The highest BCUT2D eigenvalue weighted by Gasteiger charge is 2.13. The molecule has 0 heterocycles. The first-order chi connectivity index (χ1) is 14.0. The highest BCUT2D eigenvalue weighted by atomic mass is 79.9. The van der Waals surface area contributed by atoms with E-state index >= 15 is 0 Å². The van der Waals surface area contributed by atoms with Crippen molar-refractivity contribution >= 4 is 33.2 Å². The van der Waals surface area contributed by atoms with E-state index in [1.807, 2.05) is 19.1 Å². The number of hydrogen-bond acceptors (Lipinski definition) is 3. The van der Waals surface area contributed by atoms with E-state index in [1.165, 1.54) is 24.3 Å². The Hall–Kier alpha value is -2.31. The zero-order valence-corrected chi connectivity index (χ0v) is 18.0. The van der Waals surface area contributed by atoms with Gasteiger partial charge in [-0.25, -0.2) is 8.78 Å². The largest absolute Gasteiger partial charge is 0.490 e. The lowest BCUT2D eigenvalue weighted by Crippen LogP contribution is -2.04. The minimum atomic E-state index is -0.460. The maximum absolute atomic E-state index is 13.4. The van der Waals surface area contributed by atoms with Crippen molar-refractivity contribution in [1.29, 1.82) is 0 Å². The fourth-order valence-corrected chi connectivity index (χ4v) is 3.50. The number of anilines is 1. The maximum Gasteiger partial charge on any atom is 0.175 e. The summed E-state index contributed by atoms with van der Waals surface area (Å²) in [6.07, 6.45) is 0. The van der Waals surface area contributed by atoms with Crippen molar-refractivity contribution in [1.82, 2.24) is 0 Å². The molecule has 1 N–H and O–H groups in total. The molecule has 0 atom stereocenters. The van der Waals surface area contributed by atoms with Gasteiger partial charge < -0.3 is 14.8 Å². The van der Waals surface area contributed by atoms with Crippen LogP contribution in [0.5, 0.6) is 11.5 Å². The molecule has 0 aromatic heterocycles. The Bertz CT molecular complexity index is 1000. The molecule has 0 unspecified atom stereocenters. The van der Waals surface area contributed by atoms with Crippen LogP contribution in [-0.2, 0) is 13.2 Å². The fourth-order valence-electron chi connectivity index (χ4n) is 2.72. The van der Waals surface area contributed by atoms with Gasteiger partial charge in [0, 0.05) is 12.2 Å². The van der Waals surface area contributed by atoms with Crippen molar-refractivity contribution in [2.24, 2.45) is 0 Å². The summed E-state index contributed by atoms with van der Waals surface area (Å²) in [5.41, 5.74) is 2.36. The van der Waals surface area contributed by atoms with Gasteiger partial charge in [0.2, 0.25) is 0 Å². The SMILES string of the molecule is CCOc1cc(CNc2ccc(F)c(Cl)c2)cc(Br)c1OCc1cccc(F)c1. The lowest BCUT2D eigenvalue weighted by molar-refractivity contribution is 0.267. The second-order valence-corrected chi connectivity index (χ2v) is 7.50. The van der Waals surface area contributed by atoms with E-state index in [9.17, 15) is 8.78 Å². The highest BCUT2D eigenvalue weighted by Crippen LogP contribution is 2.37. The molecule has 0 aliphatic heterocycles. The van der Waals surface area contributed by atoms with Crippen LogP contribution in [0.3, 0.4) is 0 Å². The van der Waals surface area contributed by atoms with Gasteiger partial charge in [0.05, 0.1) is 16.1 Å². The summed E-state index contributed by atoms with van der Waals surface area (Å²) in [6.45, 7) is 3.04. The van der Waals surface area contributed by atoms with Crippen LogP contribution in [0, 0.1) is 11.6 Å². The summed E-state index contributed by atoms with van der Waals surface area (Å²) in [5.74, 6) is 0.354. The van der Waals surface area contributed by atoms with Gasteiger partial charge in [0.1, 0.15) is 18.2 Å². The molecular weight excluding hydrogens is 464 g/mol. The molecular formula is C22H19BrClF2NO2. The fraction of sp³-hybridized carbons (Fsp3) is 0.182. The minimum Gasteiger partial charge on any atom is -0.490 e. The van der Waals surface area contributed by atoms with E-state index in [0.717, 1.165) is 11.1 Å². The molecule has 0 aliphatic rings. The minimum absolute atomic E-state index is 0.0623. The second-order valence-electron chi connectivity index (χ2n) is 6.24. The maximum atomic E-state index is 13.4. The number of nitrogens with one attached hydrogen (secondary N) is 1. The molecule has 0 spiro atoms. The normalized spacial score (nSPS) is 10.7. The Morgan fingerprint density at radius 1 is 1.00 bits per heavy atom. The van der Waals surface area contributed by atoms with Crippen LogP contribution in [0.1, 0.15) is 18.1 Å². The number of hydrogen-bond donors (Lipinski definition) is 1. The molecule has 152 valence electrons. The van der Waals surface area contributed by atoms with Crippen LogP contribution < -0.4 is 14.8 Å². The van der Waals surface area contributed by atoms with Crippen molar-refractivity contribution in [2.75, 3.05) is 11.9 Å². The molecule has 0 amide bonds. The van der Waals surface area contributed by atoms with Gasteiger partial charge in [-0.2, -0.15) is 0 Å². The Morgan fingerprint density at radius 3 is 2.55 bits per heavy atom. The number of rotatable bonds is 8. The third-order valence-corrected chi connectivity index (χ3v) is 4.94. The van der Waals surface area contributed by atoms with Crippen LogP contribution in [0.4, 0.5) is 14.5 Å². The number of ether oxygens (including phenoxy) is 2. The van der Waals surface area contributed by atoms with Crippen molar-refractivity contribution in [3.05, 3.63) is 86.9 Å². The van der Waals surface area contributed by atoms with E-state index in [1.54, 1.807) is 18.2 Å². The van der Waals surface area contributed by atoms with Gasteiger partial charge in [-0.05, 0) is 76.4 Å². The average molecular weight is 483 g/mol. The summed E-state index contributed by atoms with van der Waals surface area (Å²) in [4.78, 5) is 0. The van der Waals surface area contributed by atoms with Crippen molar-refractivity contribution in [3.8, 4) is 11.5 Å². The van der Waals surface area contributed by atoms with E-state index in [0.29, 0.717) is 34.8 Å². The van der Waals surface area contributed by atoms with Gasteiger partial charge in [0.15, 0.2) is 11.5 Å². The van der Waals surface area contributed by atoms with Crippen LogP contribution in [0.25, 0.3) is 0 Å². The molecule has 29 heavy (non-hydrogen) atoms. The predicted octanol–water partition coefficient (Wildman–Crippen LogP) is 6.97. The predicted molar refractivity (Wildman–Crippen MR) is 115 cm³/mol. The molecule has 0 saturated carbocycles. The van der Waals surface area contributed by atoms with Gasteiger partial charge in [-0.3, -0.25) is 0 Å². The zero-order chi connectivity index (χ0) is 20.8. The van der Waals surface area contributed by atoms with Gasteiger partial charge in [-0.1, -0.05) is 23.7 Å². The van der Waals surface area contributed by atoms with E-state index in [2.05, 4.69) is 21.2 Å². The first-order valence-corrected chi connectivity index (χ1v) is 10.1. The molecule has 0 bridgehead atoms. The third kappa shape index (κ3) is 5.84. The van der Waals surface area contributed by atoms with Crippen LogP contribution >= 0.6 is 27.5 Å². The standard InChI is InChI=1S/C22H19BrClF2NO2/c1-2-28-21-10-15(12-27-17-6-7-20(26)19(24)11-17)9-18(23)22(21)29-13-14-4-3-5-16(25)8-14/h3-11,27H,2,12-13H2,1H3. The van der Waals surface area contributed by atoms with Crippen molar-refractivity contribution < 1.29 is 18.3 Å². The number of halogens is 4. The molecule has 0 fully saturated rings. The Balaban J connectivity index is 1.75. The molecule has 3 aromatic rings. The van der Waals surface area contributed by atoms with Gasteiger partial charge >= 0.3 is 0 Å². The Labute approximate surface area is 181 Å². The van der Waals surface area contributed by atoms with Crippen LogP contribution in [-0.4, -0.2) is 6.61 Å². The smallest absolute Gasteiger partial charge is 0.175 e. The lowest BCUT2D eigenvalue weighted by atomic mass is 10.2. The molecule has 3 rings (SSSR count). The molecule has 3 nitrogen and oxygen atoms in total. The van der Waals surface area contributed by atoms with E-state index < -0.39 is 5.82 Å². The molecule has 0 aliphatic carbocycles. The molecule has 3 aromatic carbocycles. The number of benzene rings is 3.